The molecule has 0 radical (unpaired) electrons. The minimum atomic E-state index is -4.22. The third-order valence-electron chi connectivity index (χ3n) is 8.17. The Morgan fingerprint density at radius 1 is 1.05 bits per heavy atom. The third kappa shape index (κ3) is 5.96. The number of piperidine rings is 1. The predicted octanol–water partition coefficient (Wildman–Crippen LogP) is 4.58. The van der Waals surface area contributed by atoms with Crippen LogP contribution in [0.1, 0.15) is 37.0 Å². The highest BCUT2D eigenvalue weighted by atomic mass is 32.1. The van der Waals surface area contributed by atoms with Gasteiger partial charge in [0.25, 0.3) is 0 Å². The lowest BCUT2D eigenvalue weighted by Gasteiger charge is -2.40. The molecule has 3 aliphatic rings. The maximum absolute atomic E-state index is 12.8. The lowest BCUT2D eigenvalue weighted by atomic mass is 9.78. The summed E-state index contributed by atoms with van der Waals surface area (Å²) in [6, 6.07) is 2.47. The van der Waals surface area contributed by atoms with Gasteiger partial charge in [0, 0.05) is 43.1 Å². The summed E-state index contributed by atoms with van der Waals surface area (Å²) >= 11 is 1.10. The zero-order chi connectivity index (χ0) is 26.1. The summed E-state index contributed by atoms with van der Waals surface area (Å²) in [6.07, 6.45) is 10.1. The third-order valence-corrected chi connectivity index (χ3v) is 9.22. The Kier molecular flexibility index (Phi) is 7.26. The Balaban J connectivity index is 0.966. The molecule has 3 atom stereocenters. The molecule has 1 aliphatic carbocycles. The molecule has 2 fully saturated rings. The fourth-order valence-electron chi connectivity index (χ4n) is 6.33. The van der Waals surface area contributed by atoms with Crippen LogP contribution >= 0.6 is 11.3 Å². The van der Waals surface area contributed by atoms with Crippen LogP contribution in [0.15, 0.2) is 37.3 Å². The smallest absolute Gasteiger partial charge is 0.372 e. The van der Waals surface area contributed by atoms with Crippen molar-refractivity contribution in [2.45, 2.75) is 63.3 Å². The lowest BCUT2D eigenvalue weighted by molar-refractivity contribution is -0.126. The zero-order valence-electron chi connectivity index (χ0n) is 21.2. The molecule has 38 heavy (non-hydrogen) atoms. The number of fused-ring (bicyclic) bond motifs is 2. The van der Waals surface area contributed by atoms with Crippen molar-refractivity contribution in [3.63, 3.8) is 0 Å². The van der Waals surface area contributed by atoms with E-state index in [0.29, 0.717) is 28.0 Å². The maximum Gasteiger partial charge on any atom is 0.393 e. The standard InChI is InChI=1S/C26H33F3N8S/c27-26(28,29)13-21-12-22-24(31-16-32-25(22)38-21)34-20-4-6-35(7-5-20)14-18-1-2-23-19(11-18)3-8-36(23)9-10-37-17-30-15-33-37/h3,8,12,15-20,23H,1-2,4-7,9-11,13-14H2,(H,31,32,34). The molecule has 0 aromatic carbocycles. The van der Waals surface area contributed by atoms with Crippen LogP contribution in [0.25, 0.3) is 10.2 Å². The summed E-state index contributed by atoms with van der Waals surface area (Å²) in [6.45, 7) is 5.03. The highest BCUT2D eigenvalue weighted by Gasteiger charge is 2.36. The molecule has 1 saturated carbocycles. The molecule has 8 nitrogen and oxygen atoms in total. The number of likely N-dealkylation sites (tertiary alicyclic amines) is 1. The number of rotatable bonds is 8. The predicted molar refractivity (Wildman–Crippen MR) is 141 cm³/mol. The molecule has 204 valence electrons. The number of hydrogen-bond donors (Lipinski definition) is 1. The molecular formula is C26H33F3N8S. The molecule has 0 spiro atoms. The number of hydrogen-bond acceptors (Lipinski definition) is 8. The number of anilines is 1. The summed E-state index contributed by atoms with van der Waals surface area (Å²) in [5.41, 5.74) is 0. The van der Waals surface area contributed by atoms with E-state index in [1.165, 1.54) is 25.6 Å². The number of thiophene rings is 1. The molecule has 12 heteroatoms. The summed E-state index contributed by atoms with van der Waals surface area (Å²) in [5, 5.41) is 8.41. The van der Waals surface area contributed by atoms with E-state index in [9.17, 15) is 13.2 Å². The number of alkyl halides is 3. The van der Waals surface area contributed by atoms with Crippen molar-refractivity contribution in [3.05, 3.63) is 42.2 Å². The molecule has 0 amide bonds. The van der Waals surface area contributed by atoms with E-state index in [2.05, 4.69) is 47.4 Å². The second kappa shape index (κ2) is 10.8. The maximum atomic E-state index is 12.8. The van der Waals surface area contributed by atoms with E-state index >= 15 is 0 Å². The van der Waals surface area contributed by atoms with Crippen LogP contribution in [0.3, 0.4) is 0 Å². The van der Waals surface area contributed by atoms with Crippen LogP contribution in [0.4, 0.5) is 19.0 Å². The Morgan fingerprint density at radius 3 is 2.71 bits per heavy atom. The van der Waals surface area contributed by atoms with Gasteiger partial charge in [-0.1, -0.05) is 6.08 Å². The first-order chi connectivity index (χ1) is 18.4. The van der Waals surface area contributed by atoms with E-state index in [-0.39, 0.29) is 10.9 Å². The minimum absolute atomic E-state index is 0.266. The fraction of sp³-hybridized carbons (Fsp3) is 0.615. The van der Waals surface area contributed by atoms with Crippen molar-refractivity contribution in [1.82, 2.24) is 34.5 Å². The van der Waals surface area contributed by atoms with Crippen LogP contribution in [0.5, 0.6) is 0 Å². The van der Waals surface area contributed by atoms with Crippen LogP contribution in [-0.4, -0.2) is 79.0 Å². The summed E-state index contributed by atoms with van der Waals surface area (Å²) in [5.74, 6) is 2.01. The summed E-state index contributed by atoms with van der Waals surface area (Å²) in [4.78, 5) is 18.5. The highest BCUT2D eigenvalue weighted by Crippen LogP contribution is 2.38. The van der Waals surface area contributed by atoms with Crippen molar-refractivity contribution >= 4 is 27.4 Å². The Hall–Kier alpha value is -2.73. The largest absolute Gasteiger partial charge is 0.393 e. The van der Waals surface area contributed by atoms with Crippen molar-refractivity contribution < 1.29 is 13.2 Å². The van der Waals surface area contributed by atoms with Gasteiger partial charge in [0.05, 0.1) is 18.4 Å². The van der Waals surface area contributed by atoms with E-state index in [4.69, 9.17) is 0 Å². The highest BCUT2D eigenvalue weighted by molar-refractivity contribution is 7.18. The van der Waals surface area contributed by atoms with Crippen molar-refractivity contribution in [1.29, 1.82) is 0 Å². The van der Waals surface area contributed by atoms with Gasteiger partial charge in [-0.2, -0.15) is 18.3 Å². The Bertz CT molecular complexity index is 1240. The van der Waals surface area contributed by atoms with Gasteiger partial charge in [-0.3, -0.25) is 4.68 Å². The first-order valence-corrected chi connectivity index (χ1v) is 14.3. The Labute approximate surface area is 224 Å². The van der Waals surface area contributed by atoms with Crippen molar-refractivity contribution in [2.24, 2.45) is 11.8 Å². The van der Waals surface area contributed by atoms with Crippen LogP contribution in [0, 0.1) is 11.8 Å². The molecule has 1 N–H and O–H groups in total. The second-order valence-electron chi connectivity index (χ2n) is 10.8. The van der Waals surface area contributed by atoms with Gasteiger partial charge >= 0.3 is 6.18 Å². The van der Waals surface area contributed by atoms with Crippen molar-refractivity contribution in [3.8, 4) is 0 Å². The number of nitrogens with zero attached hydrogens (tertiary/aromatic N) is 7. The Morgan fingerprint density at radius 2 is 1.92 bits per heavy atom. The first kappa shape index (κ1) is 25.5. The lowest BCUT2D eigenvalue weighted by Crippen LogP contribution is -2.44. The average molecular weight is 547 g/mol. The first-order valence-electron chi connectivity index (χ1n) is 13.5. The topological polar surface area (TPSA) is 75.0 Å². The molecule has 3 aromatic heterocycles. The number of halogens is 3. The zero-order valence-corrected chi connectivity index (χ0v) is 22.0. The van der Waals surface area contributed by atoms with Crippen molar-refractivity contribution in [2.75, 3.05) is 31.5 Å². The van der Waals surface area contributed by atoms with Gasteiger partial charge in [-0.25, -0.2) is 15.0 Å². The summed E-state index contributed by atoms with van der Waals surface area (Å²) in [7, 11) is 0. The van der Waals surface area contributed by atoms with Crippen LogP contribution in [0.2, 0.25) is 0 Å². The summed E-state index contributed by atoms with van der Waals surface area (Å²) < 4.78 is 40.4. The average Bonchev–Trinajstić information content (AvgIpc) is 3.63. The minimum Gasteiger partial charge on any atom is -0.372 e. The van der Waals surface area contributed by atoms with E-state index in [0.717, 1.165) is 62.8 Å². The normalized spacial score (nSPS) is 24.8. The van der Waals surface area contributed by atoms with Gasteiger partial charge in [-0.05, 0) is 56.2 Å². The van der Waals surface area contributed by atoms with E-state index in [1.54, 1.807) is 18.7 Å². The SMILES string of the molecule is FC(F)(F)Cc1cc2c(NC3CCN(CC4CCC5C(C=CN5CCn5cncn5)C4)CC3)ncnc2s1. The molecular weight excluding hydrogens is 513 g/mol. The molecule has 0 bridgehead atoms. The monoisotopic (exact) mass is 546 g/mol. The molecule has 2 aliphatic heterocycles. The van der Waals surface area contributed by atoms with Crippen LogP contribution in [-0.2, 0) is 13.0 Å². The van der Waals surface area contributed by atoms with Gasteiger partial charge in [0.15, 0.2) is 0 Å². The quantitative estimate of drug-likeness (QED) is 0.443. The fourth-order valence-corrected chi connectivity index (χ4v) is 7.35. The van der Waals surface area contributed by atoms with Crippen LogP contribution < -0.4 is 5.32 Å². The van der Waals surface area contributed by atoms with E-state index in [1.807, 2.05) is 4.68 Å². The van der Waals surface area contributed by atoms with Gasteiger partial charge in [0.2, 0.25) is 0 Å². The number of nitrogens with one attached hydrogen (secondary N) is 1. The molecule has 3 aromatic rings. The molecule has 6 rings (SSSR count). The number of aromatic nitrogens is 5. The molecule has 1 saturated heterocycles. The second-order valence-corrected chi connectivity index (χ2v) is 11.9. The van der Waals surface area contributed by atoms with E-state index < -0.39 is 12.6 Å². The van der Waals surface area contributed by atoms with Gasteiger partial charge in [0.1, 0.15) is 29.6 Å². The van der Waals surface area contributed by atoms with Gasteiger partial charge < -0.3 is 15.1 Å². The molecule has 5 heterocycles. The van der Waals surface area contributed by atoms with Gasteiger partial charge in [-0.15, -0.1) is 11.3 Å². The molecule has 3 unspecified atom stereocenters.